The number of aromatic nitrogens is 2. The summed E-state index contributed by atoms with van der Waals surface area (Å²) in [5.41, 5.74) is 0.919. The van der Waals surface area contributed by atoms with E-state index in [9.17, 15) is 0 Å². The Hall–Kier alpha value is -2.30. The van der Waals surface area contributed by atoms with Gasteiger partial charge in [0.1, 0.15) is 11.6 Å². The van der Waals surface area contributed by atoms with Gasteiger partial charge in [-0.3, -0.25) is 0 Å². The van der Waals surface area contributed by atoms with Gasteiger partial charge in [-0.05, 0) is 50.8 Å². The number of benzene rings is 1. The van der Waals surface area contributed by atoms with Gasteiger partial charge in [-0.15, -0.1) is 0 Å². The van der Waals surface area contributed by atoms with Crippen LogP contribution >= 0.6 is 0 Å². The average Bonchev–Trinajstić information content (AvgIpc) is 2.56. The first-order valence-corrected chi connectivity index (χ1v) is 8.72. The third-order valence-electron chi connectivity index (χ3n) is 4.10. The SMILES string of the molecule is CC1CCCN(c2nccc(Nc3ccccc3OC(C)C)n2)C1. The number of nitrogens with zero attached hydrogens (tertiary/aromatic N) is 3. The van der Waals surface area contributed by atoms with Crippen LogP contribution in [0.5, 0.6) is 5.75 Å². The number of para-hydroxylation sites is 2. The molecule has 0 bridgehead atoms. The van der Waals surface area contributed by atoms with Crippen LogP contribution in [-0.4, -0.2) is 29.2 Å². The van der Waals surface area contributed by atoms with E-state index in [1.165, 1.54) is 12.8 Å². The van der Waals surface area contributed by atoms with Crippen LogP contribution in [0.2, 0.25) is 0 Å². The summed E-state index contributed by atoms with van der Waals surface area (Å²) in [5.74, 6) is 3.12. The lowest BCUT2D eigenvalue weighted by Gasteiger charge is -2.31. The summed E-state index contributed by atoms with van der Waals surface area (Å²) in [7, 11) is 0. The van der Waals surface area contributed by atoms with Crippen molar-refractivity contribution >= 4 is 17.5 Å². The molecule has 0 spiro atoms. The second-order valence-corrected chi connectivity index (χ2v) is 6.72. The number of ether oxygens (including phenoxy) is 1. The zero-order valence-corrected chi connectivity index (χ0v) is 14.7. The first-order chi connectivity index (χ1) is 11.6. The molecule has 128 valence electrons. The summed E-state index contributed by atoms with van der Waals surface area (Å²) in [6, 6.07) is 9.83. The first kappa shape index (κ1) is 16.6. The van der Waals surface area contributed by atoms with Crippen molar-refractivity contribution in [3.63, 3.8) is 0 Å². The Kier molecular flexibility index (Phi) is 5.18. The average molecular weight is 326 g/mol. The number of rotatable bonds is 5. The fraction of sp³-hybridized carbons (Fsp3) is 0.474. The van der Waals surface area contributed by atoms with Crippen molar-refractivity contribution < 1.29 is 4.74 Å². The Morgan fingerprint density at radius 1 is 1.25 bits per heavy atom. The van der Waals surface area contributed by atoms with Crippen LogP contribution in [0.15, 0.2) is 36.5 Å². The number of piperidine rings is 1. The molecule has 1 saturated heterocycles. The zero-order chi connectivity index (χ0) is 16.9. The second kappa shape index (κ2) is 7.51. The van der Waals surface area contributed by atoms with Crippen molar-refractivity contribution in [2.45, 2.75) is 39.7 Å². The number of anilines is 3. The maximum Gasteiger partial charge on any atom is 0.227 e. The van der Waals surface area contributed by atoms with E-state index in [2.05, 4.69) is 22.1 Å². The van der Waals surface area contributed by atoms with Gasteiger partial charge in [0, 0.05) is 19.3 Å². The third kappa shape index (κ3) is 4.16. The highest BCUT2D eigenvalue weighted by Crippen LogP contribution is 2.28. The lowest BCUT2D eigenvalue weighted by Crippen LogP contribution is -2.35. The van der Waals surface area contributed by atoms with E-state index in [4.69, 9.17) is 9.72 Å². The molecule has 5 nitrogen and oxygen atoms in total. The van der Waals surface area contributed by atoms with Gasteiger partial charge in [0.15, 0.2) is 0 Å². The minimum absolute atomic E-state index is 0.128. The summed E-state index contributed by atoms with van der Waals surface area (Å²) in [5, 5.41) is 3.37. The van der Waals surface area contributed by atoms with Crippen molar-refractivity contribution in [2.24, 2.45) is 5.92 Å². The maximum absolute atomic E-state index is 5.86. The van der Waals surface area contributed by atoms with Crippen LogP contribution in [-0.2, 0) is 0 Å². The summed E-state index contributed by atoms with van der Waals surface area (Å²) < 4.78 is 5.86. The molecule has 0 amide bonds. The fourth-order valence-electron chi connectivity index (χ4n) is 3.01. The lowest BCUT2D eigenvalue weighted by atomic mass is 10.0. The summed E-state index contributed by atoms with van der Waals surface area (Å²) in [4.78, 5) is 11.4. The molecule has 1 N–H and O–H groups in total. The minimum Gasteiger partial charge on any atom is -0.489 e. The van der Waals surface area contributed by atoms with E-state index in [-0.39, 0.29) is 6.10 Å². The summed E-state index contributed by atoms with van der Waals surface area (Å²) in [6.45, 7) is 8.39. The molecular weight excluding hydrogens is 300 g/mol. The normalized spacial score (nSPS) is 17.8. The van der Waals surface area contributed by atoms with Gasteiger partial charge < -0.3 is 15.0 Å². The molecule has 1 unspecified atom stereocenters. The fourth-order valence-corrected chi connectivity index (χ4v) is 3.01. The number of hydrogen-bond donors (Lipinski definition) is 1. The Morgan fingerprint density at radius 2 is 2.08 bits per heavy atom. The van der Waals surface area contributed by atoms with E-state index in [0.717, 1.165) is 36.3 Å². The zero-order valence-electron chi connectivity index (χ0n) is 14.7. The van der Waals surface area contributed by atoms with Crippen molar-refractivity contribution in [3.05, 3.63) is 36.5 Å². The molecule has 1 aliphatic rings. The molecule has 3 rings (SSSR count). The first-order valence-electron chi connectivity index (χ1n) is 8.72. The van der Waals surface area contributed by atoms with Crippen molar-refractivity contribution in [1.82, 2.24) is 9.97 Å². The van der Waals surface area contributed by atoms with Crippen molar-refractivity contribution in [3.8, 4) is 5.75 Å². The Bertz CT molecular complexity index is 674. The van der Waals surface area contributed by atoms with Gasteiger partial charge in [0.2, 0.25) is 5.95 Å². The van der Waals surface area contributed by atoms with Crippen molar-refractivity contribution in [2.75, 3.05) is 23.3 Å². The predicted octanol–water partition coefficient (Wildman–Crippen LogP) is 4.24. The van der Waals surface area contributed by atoms with Crippen LogP contribution in [0.1, 0.15) is 33.6 Å². The minimum atomic E-state index is 0.128. The predicted molar refractivity (Wildman–Crippen MR) is 98.1 cm³/mol. The molecule has 2 aromatic rings. The highest BCUT2D eigenvalue weighted by Gasteiger charge is 2.18. The van der Waals surface area contributed by atoms with Crippen molar-refractivity contribution in [1.29, 1.82) is 0 Å². The maximum atomic E-state index is 5.86. The lowest BCUT2D eigenvalue weighted by molar-refractivity contribution is 0.244. The molecule has 1 atom stereocenters. The Morgan fingerprint density at radius 3 is 2.88 bits per heavy atom. The van der Waals surface area contributed by atoms with Gasteiger partial charge in [0.25, 0.3) is 0 Å². The van der Waals surface area contributed by atoms with Crippen LogP contribution in [0.3, 0.4) is 0 Å². The molecule has 2 heterocycles. The molecule has 0 aliphatic carbocycles. The molecule has 1 aliphatic heterocycles. The molecule has 5 heteroatoms. The van der Waals surface area contributed by atoms with E-state index in [1.807, 2.05) is 50.4 Å². The molecule has 1 aromatic carbocycles. The van der Waals surface area contributed by atoms with Gasteiger partial charge >= 0.3 is 0 Å². The standard InChI is InChI=1S/C19H26N4O/c1-14(2)24-17-9-5-4-8-16(17)21-18-10-11-20-19(22-18)23-12-6-7-15(3)13-23/h4-5,8-11,14-15H,6-7,12-13H2,1-3H3,(H,20,21,22). The van der Waals surface area contributed by atoms with E-state index in [0.29, 0.717) is 5.92 Å². The monoisotopic (exact) mass is 326 g/mol. The van der Waals surface area contributed by atoms with E-state index >= 15 is 0 Å². The number of nitrogens with one attached hydrogen (secondary N) is 1. The highest BCUT2D eigenvalue weighted by atomic mass is 16.5. The van der Waals surface area contributed by atoms with Crippen LogP contribution in [0, 0.1) is 5.92 Å². The summed E-state index contributed by atoms with van der Waals surface area (Å²) >= 11 is 0. The highest BCUT2D eigenvalue weighted by molar-refractivity contribution is 5.64. The van der Waals surface area contributed by atoms with Crippen LogP contribution in [0.4, 0.5) is 17.5 Å². The topological polar surface area (TPSA) is 50.3 Å². The number of hydrogen-bond acceptors (Lipinski definition) is 5. The third-order valence-corrected chi connectivity index (χ3v) is 4.10. The molecule has 24 heavy (non-hydrogen) atoms. The largest absolute Gasteiger partial charge is 0.489 e. The molecule has 1 fully saturated rings. The smallest absolute Gasteiger partial charge is 0.227 e. The van der Waals surface area contributed by atoms with Gasteiger partial charge in [-0.2, -0.15) is 4.98 Å². The van der Waals surface area contributed by atoms with Crippen LogP contribution in [0.25, 0.3) is 0 Å². The summed E-state index contributed by atoms with van der Waals surface area (Å²) in [6.07, 6.45) is 4.43. The quantitative estimate of drug-likeness (QED) is 0.890. The molecule has 1 aromatic heterocycles. The van der Waals surface area contributed by atoms with Gasteiger partial charge in [-0.1, -0.05) is 19.1 Å². The second-order valence-electron chi connectivity index (χ2n) is 6.72. The Labute approximate surface area is 144 Å². The molecule has 0 radical (unpaired) electrons. The Balaban J connectivity index is 1.78. The van der Waals surface area contributed by atoms with E-state index < -0.39 is 0 Å². The van der Waals surface area contributed by atoms with E-state index in [1.54, 1.807) is 0 Å². The van der Waals surface area contributed by atoms with Crippen LogP contribution < -0.4 is 15.0 Å². The van der Waals surface area contributed by atoms with Gasteiger partial charge in [0.05, 0.1) is 11.8 Å². The molecular formula is C19H26N4O. The van der Waals surface area contributed by atoms with Gasteiger partial charge in [-0.25, -0.2) is 4.98 Å². The molecule has 0 saturated carbocycles.